The molecule has 1 unspecified atom stereocenters. The summed E-state index contributed by atoms with van der Waals surface area (Å²) in [6.45, 7) is 2.01. The lowest BCUT2D eigenvalue weighted by molar-refractivity contribution is 0.0945. The van der Waals surface area contributed by atoms with Crippen molar-refractivity contribution in [3.8, 4) is 0 Å². The molecule has 2 aromatic rings. The first-order valence-corrected chi connectivity index (χ1v) is 5.54. The number of hydrogen-bond acceptors (Lipinski definition) is 2. The minimum atomic E-state index is -0.0857. The van der Waals surface area contributed by atoms with Crippen LogP contribution in [0.15, 0.2) is 36.7 Å². The van der Waals surface area contributed by atoms with Crippen molar-refractivity contribution in [2.45, 2.75) is 19.4 Å². The van der Waals surface area contributed by atoms with Crippen molar-refractivity contribution in [1.29, 1.82) is 0 Å². The second-order valence-electron chi connectivity index (χ2n) is 3.88. The van der Waals surface area contributed by atoms with E-state index in [0.717, 1.165) is 17.5 Å². The third-order valence-electron chi connectivity index (χ3n) is 2.86. The SMILES string of the molecule is CCC(NC)C(=O)c1cc2ccccn2c1. The van der Waals surface area contributed by atoms with Crippen LogP contribution in [0.3, 0.4) is 0 Å². The number of fused-ring (bicyclic) bond motifs is 1. The predicted octanol–water partition coefficient (Wildman–Crippen LogP) is 2.12. The molecule has 2 heterocycles. The van der Waals surface area contributed by atoms with Crippen LogP contribution < -0.4 is 5.32 Å². The van der Waals surface area contributed by atoms with Gasteiger partial charge in [-0.1, -0.05) is 13.0 Å². The van der Waals surface area contributed by atoms with Crippen LogP contribution >= 0.6 is 0 Å². The van der Waals surface area contributed by atoms with Gasteiger partial charge in [-0.15, -0.1) is 0 Å². The van der Waals surface area contributed by atoms with Crippen LogP contribution in [0.25, 0.3) is 5.52 Å². The first kappa shape index (κ1) is 10.9. The van der Waals surface area contributed by atoms with Gasteiger partial charge in [0.15, 0.2) is 5.78 Å². The number of carbonyl (C=O) groups excluding carboxylic acids is 1. The van der Waals surface area contributed by atoms with E-state index >= 15 is 0 Å². The summed E-state index contributed by atoms with van der Waals surface area (Å²) >= 11 is 0. The zero-order valence-corrected chi connectivity index (χ0v) is 9.60. The van der Waals surface area contributed by atoms with Gasteiger partial charge in [-0.25, -0.2) is 0 Å². The Hall–Kier alpha value is -1.61. The lowest BCUT2D eigenvalue weighted by Crippen LogP contribution is -2.33. The maximum Gasteiger partial charge on any atom is 0.181 e. The topological polar surface area (TPSA) is 33.5 Å². The van der Waals surface area contributed by atoms with Gasteiger partial charge in [-0.3, -0.25) is 4.79 Å². The number of pyridine rings is 1. The van der Waals surface area contributed by atoms with Crippen molar-refractivity contribution in [1.82, 2.24) is 9.72 Å². The molecule has 0 amide bonds. The second-order valence-corrected chi connectivity index (χ2v) is 3.88. The number of carbonyl (C=O) groups is 1. The Labute approximate surface area is 95.1 Å². The van der Waals surface area contributed by atoms with Gasteiger partial charge in [0, 0.05) is 23.5 Å². The molecule has 0 fully saturated rings. The number of nitrogens with zero attached hydrogens (tertiary/aromatic N) is 1. The highest BCUT2D eigenvalue weighted by molar-refractivity contribution is 6.01. The van der Waals surface area contributed by atoms with Gasteiger partial charge < -0.3 is 9.72 Å². The third-order valence-corrected chi connectivity index (χ3v) is 2.86. The van der Waals surface area contributed by atoms with Crippen LogP contribution in [0.5, 0.6) is 0 Å². The first-order valence-electron chi connectivity index (χ1n) is 5.54. The number of Topliss-reactive ketones (excluding diaryl/α,β-unsaturated/α-hetero) is 1. The van der Waals surface area contributed by atoms with E-state index in [1.807, 2.05) is 55.0 Å². The average Bonchev–Trinajstić information content (AvgIpc) is 2.74. The summed E-state index contributed by atoms with van der Waals surface area (Å²) in [6.07, 6.45) is 4.64. The van der Waals surface area contributed by atoms with Gasteiger partial charge in [0.25, 0.3) is 0 Å². The average molecular weight is 216 g/mol. The molecule has 0 aliphatic rings. The van der Waals surface area contributed by atoms with Crippen molar-refractivity contribution in [3.63, 3.8) is 0 Å². The standard InChI is InChI=1S/C13H16N2O/c1-3-12(14-2)13(16)10-8-11-6-4-5-7-15(11)9-10/h4-9,12,14H,3H2,1-2H3. The highest BCUT2D eigenvalue weighted by atomic mass is 16.1. The van der Waals surface area contributed by atoms with Crippen LogP contribution in [-0.4, -0.2) is 23.3 Å². The largest absolute Gasteiger partial charge is 0.323 e. The van der Waals surface area contributed by atoms with E-state index in [1.165, 1.54) is 0 Å². The highest BCUT2D eigenvalue weighted by Crippen LogP contribution is 2.12. The summed E-state index contributed by atoms with van der Waals surface area (Å²) in [5.41, 5.74) is 1.82. The van der Waals surface area contributed by atoms with Gasteiger partial charge in [0.05, 0.1) is 6.04 Å². The molecular weight excluding hydrogens is 200 g/mol. The molecule has 2 rings (SSSR count). The van der Waals surface area contributed by atoms with E-state index in [4.69, 9.17) is 0 Å². The summed E-state index contributed by atoms with van der Waals surface area (Å²) in [5, 5.41) is 3.04. The molecule has 0 saturated carbocycles. The van der Waals surface area contributed by atoms with Crippen LogP contribution in [-0.2, 0) is 0 Å². The molecule has 16 heavy (non-hydrogen) atoms. The fourth-order valence-corrected chi connectivity index (χ4v) is 1.91. The number of hydrogen-bond donors (Lipinski definition) is 1. The van der Waals surface area contributed by atoms with Crippen molar-refractivity contribution in [2.75, 3.05) is 7.05 Å². The highest BCUT2D eigenvalue weighted by Gasteiger charge is 2.17. The van der Waals surface area contributed by atoms with Gasteiger partial charge >= 0.3 is 0 Å². The summed E-state index contributed by atoms with van der Waals surface area (Å²) in [7, 11) is 1.82. The quantitative estimate of drug-likeness (QED) is 0.794. The van der Waals surface area contributed by atoms with Crippen LogP contribution in [0.4, 0.5) is 0 Å². The lowest BCUT2D eigenvalue weighted by Gasteiger charge is -2.10. The van der Waals surface area contributed by atoms with Gasteiger partial charge in [0.1, 0.15) is 0 Å². The molecule has 3 heteroatoms. The number of ketones is 1. The van der Waals surface area contributed by atoms with E-state index in [-0.39, 0.29) is 11.8 Å². The van der Waals surface area contributed by atoms with E-state index in [2.05, 4.69) is 5.32 Å². The molecule has 3 nitrogen and oxygen atoms in total. The molecule has 2 aromatic heterocycles. The fourth-order valence-electron chi connectivity index (χ4n) is 1.91. The summed E-state index contributed by atoms with van der Waals surface area (Å²) in [6, 6.07) is 7.77. The Balaban J connectivity index is 2.36. The normalized spacial score (nSPS) is 12.9. The van der Waals surface area contributed by atoms with Gasteiger partial charge in [-0.2, -0.15) is 0 Å². The molecule has 0 radical (unpaired) electrons. The molecule has 0 aliphatic heterocycles. The smallest absolute Gasteiger partial charge is 0.181 e. The Morgan fingerprint density at radius 2 is 2.31 bits per heavy atom. The number of rotatable bonds is 4. The van der Waals surface area contributed by atoms with Crippen molar-refractivity contribution < 1.29 is 4.79 Å². The summed E-state index contributed by atoms with van der Waals surface area (Å²) in [5.74, 6) is 0.161. The van der Waals surface area contributed by atoms with E-state index in [0.29, 0.717) is 0 Å². The number of likely N-dealkylation sites (N-methyl/N-ethyl adjacent to an activating group) is 1. The molecular formula is C13H16N2O. The monoisotopic (exact) mass is 216 g/mol. The lowest BCUT2D eigenvalue weighted by atomic mass is 10.1. The molecule has 1 atom stereocenters. The van der Waals surface area contributed by atoms with Crippen LogP contribution in [0.1, 0.15) is 23.7 Å². The van der Waals surface area contributed by atoms with Crippen molar-refractivity contribution in [3.05, 3.63) is 42.2 Å². The zero-order chi connectivity index (χ0) is 11.5. The van der Waals surface area contributed by atoms with Crippen molar-refractivity contribution in [2.24, 2.45) is 0 Å². The fraction of sp³-hybridized carbons (Fsp3) is 0.308. The zero-order valence-electron chi connectivity index (χ0n) is 9.60. The molecule has 0 aliphatic carbocycles. The Bertz CT molecular complexity index is 464. The minimum Gasteiger partial charge on any atom is -0.323 e. The van der Waals surface area contributed by atoms with E-state index < -0.39 is 0 Å². The Kier molecular flexibility index (Phi) is 3.06. The minimum absolute atomic E-state index is 0.0857. The molecule has 0 aromatic carbocycles. The number of nitrogens with one attached hydrogen (secondary N) is 1. The predicted molar refractivity (Wildman–Crippen MR) is 64.9 cm³/mol. The van der Waals surface area contributed by atoms with Gasteiger partial charge in [-0.05, 0) is 31.7 Å². The van der Waals surface area contributed by atoms with E-state index in [1.54, 1.807) is 0 Å². The van der Waals surface area contributed by atoms with Crippen LogP contribution in [0.2, 0.25) is 0 Å². The van der Waals surface area contributed by atoms with E-state index in [9.17, 15) is 4.79 Å². The van der Waals surface area contributed by atoms with Crippen molar-refractivity contribution >= 4 is 11.3 Å². The van der Waals surface area contributed by atoms with Gasteiger partial charge in [0.2, 0.25) is 0 Å². The number of aromatic nitrogens is 1. The Morgan fingerprint density at radius 1 is 1.50 bits per heavy atom. The first-order chi connectivity index (χ1) is 7.76. The molecule has 84 valence electrons. The maximum absolute atomic E-state index is 12.1. The third kappa shape index (κ3) is 1.86. The summed E-state index contributed by atoms with van der Waals surface area (Å²) in [4.78, 5) is 12.1. The maximum atomic E-state index is 12.1. The van der Waals surface area contributed by atoms with Crippen LogP contribution in [0, 0.1) is 0 Å². The summed E-state index contributed by atoms with van der Waals surface area (Å²) < 4.78 is 1.97. The second kappa shape index (κ2) is 4.49. The molecule has 1 N–H and O–H groups in total. The molecule has 0 bridgehead atoms. The molecule has 0 spiro atoms. The Morgan fingerprint density at radius 3 is 2.94 bits per heavy atom. The molecule has 0 saturated heterocycles.